The predicted octanol–water partition coefficient (Wildman–Crippen LogP) is 5.53. The van der Waals surface area contributed by atoms with E-state index in [1.165, 1.54) is 4.88 Å². The Balaban J connectivity index is 0.000000198. The summed E-state index contributed by atoms with van der Waals surface area (Å²) < 4.78 is 39.2. The van der Waals surface area contributed by atoms with Gasteiger partial charge in [0.05, 0.1) is 34.7 Å². The van der Waals surface area contributed by atoms with E-state index >= 15 is 0 Å². The molecular formula is C24H27ClF3N5OS. The van der Waals surface area contributed by atoms with Crippen molar-refractivity contribution in [3.05, 3.63) is 63.1 Å². The second kappa shape index (κ2) is 12.0. The summed E-state index contributed by atoms with van der Waals surface area (Å²) in [6.45, 7) is 3.76. The number of nitrogens with zero attached hydrogens (tertiary/aromatic N) is 5. The zero-order valence-corrected chi connectivity index (χ0v) is 21.3. The van der Waals surface area contributed by atoms with Crippen molar-refractivity contribution < 1.29 is 18.0 Å². The number of likely N-dealkylation sites (N-methyl/N-ethyl adjacent to an activating group) is 1. The highest BCUT2D eigenvalue weighted by atomic mass is 35.5. The van der Waals surface area contributed by atoms with Gasteiger partial charge in [-0.2, -0.15) is 0 Å². The fraction of sp³-hybridized carbons (Fsp3) is 0.417. The molecule has 0 amide bonds. The Morgan fingerprint density at radius 2 is 1.86 bits per heavy atom. The van der Waals surface area contributed by atoms with Crippen molar-refractivity contribution in [2.24, 2.45) is 0 Å². The molecule has 1 aliphatic heterocycles. The first-order valence-electron chi connectivity index (χ1n) is 11.0. The van der Waals surface area contributed by atoms with Gasteiger partial charge >= 0.3 is 0 Å². The second-order valence-electron chi connectivity index (χ2n) is 8.55. The molecule has 0 saturated carbocycles. The summed E-state index contributed by atoms with van der Waals surface area (Å²) in [4.78, 5) is 28.1. The Kier molecular flexibility index (Phi) is 9.34. The molecule has 1 unspecified atom stereocenters. The number of benzene rings is 1. The Morgan fingerprint density at radius 3 is 2.40 bits per heavy atom. The van der Waals surface area contributed by atoms with Crippen molar-refractivity contribution in [3.8, 4) is 11.4 Å². The number of carbonyl (C=O) groups is 1. The zero-order chi connectivity index (χ0) is 25.6. The molecule has 1 aromatic carbocycles. The van der Waals surface area contributed by atoms with Crippen molar-refractivity contribution in [2.75, 3.05) is 33.7 Å². The Bertz CT molecular complexity index is 1120. The van der Waals surface area contributed by atoms with Crippen LogP contribution in [0.4, 0.5) is 13.2 Å². The van der Waals surface area contributed by atoms with Crippen LogP contribution >= 0.6 is 22.9 Å². The number of rotatable bonds is 6. The quantitative estimate of drug-likeness (QED) is 0.394. The number of aromatic nitrogens is 3. The number of aryl methyl sites for hydroxylation is 1. The molecule has 188 valence electrons. The van der Waals surface area contributed by atoms with Crippen molar-refractivity contribution in [1.29, 1.82) is 0 Å². The van der Waals surface area contributed by atoms with E-state index in [1.54, 1.807) is 29.5 Å². The average Bonchev–Trinajstić information content (AvgIpc) is 3.24. The minimum atomic E-state index is -2.48. The lowest BCUT2D eigenvalue weighted by atomic mass is 10.0. The molecule has 4 rings (SSSR count). The number of piperidine rings is 1. The van der Waals surface area contributed by atoms with Gasteiger partial charge in [-0.3, -0.25) is 9.69 Å². The SMILES string of the molecule is Cc1ncsc1C(CN(C)C)N1CCC(F)(F)CC1.O=Cc1cc(-c2ncc(F)cn2)ccc1Cl. The summed E-state index contributed by atoms with van der Waals surface area (Å²) in [5.74, 6) is -2.64. The van der Waals surface area contributed by atoms with Crippen LogP contribution in [0.15, 0.2) is 36.1 Å². The molecule has 0 N–H and O–H groups in total. The summed E-state index contributed by atoms with van der Waals surface area (Å²) in [7, 11) is 4.03. The third-order valence-electron chi connectivity index (χ3n) is 5.60. The molecule has 1 atom stereocenters. The first-order valence-corrected chi connectivity index (χ1v) is 12.2. The van der Waals surface area contributed by atoms with Crippen LogP contribution in [0.25, 0.3) is 11.4 Å². The first kappa shape index (κ1) is 27.2. The number of thiazole rings is 1. The lowest BCUT2D eigenvalue weighted by molar-refractivity contribution is -0.0646. The third-order valence-corrected chi connectivity index (χ3v) is 6.97. The van der Waals surface area contributed by atoms with Gasteiger partial charge in [0.2, 0.25) is 0 Å². The normalized spacial score (nSPS) is 16.5. The minimum Gasteiger partial charge on any atom is -0.307 e. The molecular weight excluding hydrogens is 499 g/mol. The average molecular weight is 526 g/mol. The molecule has 3 aromatic rings. The topological polar surface area (TPSA) is 62.2 Å². The molecule has 1 aliphatic rings. The zero-order valence-electron chi connectivity index (χ0n) is 19.7. The van der Waals surface area contributed by atoms with Crippen molar-refractivity contribution in [1.82, 2.24) is 24.8 Å². The molecule has 35 heavy (non-hydrogen) atoms. The number of aldehydes is 1. The van der Waals surface area contributed by atoms with Crippen molar-refractivity contribution >= 4 is 29.2 Å². The van der Waals surface area contributed by atoms with Gasteiger partial charge in [0.1, 0.15) is 0 Å². The van der Waals surface area contributed by atoms with E-state index in [4.69, 9.17) is 11.6 Å². The number of likely N-dealkylation sites (tertiary alicyclic amines) is 1. The Hall–Kier alpha value is -2.40. The van der Waals surface area contributed by atoms with Gasteiger partial charge in [0.25, 0.3) is 5.92 Å². The number of halogens is 4. The van der Waals surface area contributed by atoms with Crippen LogP contribution in [0, 0.1) is 12.7 Å². The van der Waals surface area contributed by atoms with Gasteiger partial charge < -0.3 is 4.90 Å². The van der Waals surface area contributed by atoms with Gasteiger partial charge in [0.15, 0.2) is 17.9 Å². The van der Waals surface area contributed by atoms with Crippen LogP contribution in [0.1, 0.15) is 39.8 Å². The molecule has 6 nitrogen and oxygen atoms in total. The van der Waals surface area contributed by atoms with Crippen molar-refractivity contribution in [3.63, 3.8) is 0 Å². The second-order valence-corrected chi connectivity index (χ2v) is 9.84. The molecule has 0 aliphatic carbocycles. The van der Waals surface area contributed by atoms with E-state index in [1.807, 2.05) is 26.5 Å². The highest BCUT2D eigenvalue weighted by Gasteiger charge is 2.37. The number of carbonyl (C=O) groups excluding carboxylic acids is 1. The summed E-state index contributed by atoms with van der Waals surface area (Å²) >= 11 is 7.40. The van der Waals surface area contributed by atoms with Crippen LogP contribution in [0.3, 0.4) is 0 Å². The van der Waals surface area contributed by atoms with E-state index in [0.717, 1.165) is 24.6 Å². The van der Waals surface area contributed by atoms with E-state index in [9.17, 15) is 18.0 Å². The molecule has 0 bridgehead atoms. The maximum Gasteiger partial charge on any atom is 0.250 e. The summed E-state index contributed by atoms with van der Waals surface area (Å²) in [6.07, 6.45) is 2.72. The van der Waals surface area contributed by atoms with Crippen LogP contribution in [0.5, 0.6) is 0 Å². The maximum absolute atomic E-state index is 13.3. The van der Waals surface area contributed by atoms with Crippen LogP contribution in [-0.2, 0) is 0 Å². The van der Waals surface area contributed by atoms with Gasteiger partial charge in [-0.05, 0) is 39.2 Å². The van der Waals surface area contributed by atoms with E-state index in [0.29, 0.717) is 41.3 Å². The molecule has 0 radical (unpaired) electrons. The number of hydrogen-bond acceptors (Lipinski definition) is 7. The lowest BCUT2D eigenvalue weighted by Crippen LogP contribution is -2.44. The first-order chi connectivity index (χ1) is 16.6. The number of hydrogen-bond donors (Lipinski definition) is 0. The standard InChI is InChI=1S/C13H21F2N3S.C11H6ClFN2O/c1-10-12(19-9-16-10)11(8-17(2)3)18-6-4-13(14,15)5-7-18;12-10-2-1-7(3-8(10)6-16)11-14-4-9(13)5-15-11/h9,11H,4-8H2,1-3H3;1-6H. The van der Waals surface area contributed by atoms with Gasteiger partial charge in [-0.25, -0.2) is 28.1 Å². The van der Waals surface area contributed by atoms with E-state index in [-0.39, 0.29) is 18.9 Å². The summed E-state index contributed by atoms with van der Waals surface area (Å²) in [5.41, 5.74) is 3.83. The third kappa shape index (κ3) is 7.54. The fourth-order valence-electron chi connectivity index (χ4n) is 3.74. The molecule has 1 fully saturated rings. The van der Waals surface area contributed by atoms with E-state index < -0.39 is 11.7 Å². The molecule has 0 spiro atoms. The molecule has 2 aromatic heterocycles. The Labute approximate surface area is 211 Å². The van der Waals surface area contributed by atoms with Crippen LogP contribution in [-0.4, -0.2) is 70.7 Å². The molecule has 3 heterocycles. The largest absolute Gasteiger partial charge is 0.307 e. The number of alkyl halides is 2. The molecule has 1 saturated heterocycles. The van der Waals surface area contributed by atoms with Gasteiger partial charge in [-0.15, -0.1) is 11.3 Å². The van der Waals surface area contributed by atoms with Crippen LogP contribution in [0.2, 0.25) is 5.02 Å². The van der Waals surface area contributed by atoms with Gasteiger partial charge in [-0.1, -0.05) is 11.6 Å². The predicted molar refractivity (Wildman–Crippen MR) is 132 cm³/mol. The van der Waals surface area contributed by atoms with Crippen LogP contribution < -0.4 is 0 Å². The van der Waals surface area contributed by atoms with Crippen molar-refractivity contribution in [2.45, 2.75) is 31.7 Å². The van der Waals surface area contributed by atoms with Gasteiger partial charge in [0, 0.05) is 48.5 Å². The minimum absolute atomic E-state index is 0.0330. The highest BCUT2D eigenvalue weighted by Crippen LogP contribution is 2.34. The summed E-state index contributed by atoms with van der Waals surface area (Å²) in [5, 5.41) is 0.362. The summed E-state index contributed by atoms with van der Waals surface area (Å²) in [6, 6.07) is 4.98. The fourth-order valence-corrected chi connectivity index (χ4v) is 4.83. The molecule has 11 heteroatoms. The smallest absolute Gasteiger partial charge is 0.250 e. The Morgan fingerprint density at radius 1 is 1.20 bits per heavy atom. The van der Waals surface area contributed by atoms with E-state index in [2.05, 4.69) is 24.8 Å². The monoisotopic (exact) mass is 525 g/mol. The highest BCUT2D eigenvalue weighted by molar-refractivity contribution is 7.09. The maximum atomic E-state index is 13.3. The lowest BCUT2D eigenvalue weighted by Gasteiger charge is -2.38.